The predicted molar refractivity (Wildman–Crippen MR) is 65.6 cm³/mol. The maximum absolute atomic E-state index is 11.8. The number of para-hydroxylation sites is 1. The third kappa shape index (κ3) is 1.26. The molecule has 2 heterocycles. The molecule has 0 aliphatic carbocycles. The van der Waals surface area contributed by atoms with Gasteiger partial charge >= 0.3 is 11.4 Å². The van der Waals surface area contributed by atoms with Crippen molar-refractivity contribution in [1.29, 1.82) is 0 Å². The van der Waals surface area contributed by atoms with E-state index in [2.05, 4.69) is 0 Å². The fourth-order valence-corrected chi connectivity index (χ4v) is 2.15. The minimum Gasteiger partial charge on any atom is -0.422 e. The van der Waals surface area contributed by atoms with Gasteiger partial charge in [0.2, 0.25) is 0 Å². The maximum atomic E-state index is 11.8. The summed E-state index contributed by atoms with van der Waals surface area (Å²) in [5, 5.41) is 11.8. The molecule has 18 heavy (non-hydrogen) atoms. The van der Waals surface area contributed by atoms with Gasteiger partial charge in [0.15, 0.2) is 5.52 Å². The molecule has 6 heteroatoms. The van der Waals surface area contributed by atoms with E-state index in [1.165, 1.54) is 10.6 Å². The summed E-state index contributed by atoms with van der Waals surface area (Å²) in [6, 6.07) is 8.21. The fourth-order valence-electron chi connectivity index (χ4n) is 2.15. The van der Waals surface area contributed by atoms with E-state index in [1.807, 2.05) is 0 Å². The normalized spacial score (nSPS) is 11.2. The second-order valence-corrected chi connectivity index (χ2v) is 3.97. The third-order valence-corrected chi connectivity index (χ3v) is 2.96. The Morgan fingerprint density at radius 2 is 2.00 bits per heavy atom. The summed E-state index contributed by atoms with van der Waals surface area (Å²) in [4.78, 5) is 22.1. The van der Waals surface area contributed by atoms with E-state index in [-0.39, 0.29) is 11.2 Å². The monoisotopic (exact) mass is 244 g/mol. The molecule has 0 amide bonds. The molecule has 3 rings (SSSR count). The summed E-state index contributed by atoms with van der Waals surface area (Å²) in [5.74, 6) is -0.131. The second kappa shape index (κ2) is 3.43. The van der Waals surface area contributed by atoms with Crippen molar-refractivity contribution in [2.75, 3.05) is 0 Å². The number of rotatable bonds is 1. The zero-order valence-corrected chi connectivity index (χ0v) is 9.41. The van der Waals surface area contributed by atoms with Crippen molar-refractivity contribution >= 4 is 27.7 Å². The van der Waals surface area contributed by atoms with E-state index < -0.39 is 10.5 Å². The highest BCUT2D eigenvalue weighted by Crippen LogP contribution is 2.28. The van der Waals surface area contributed by atoms with Crippen LogP contribution in [0.3, 0.4) is 0 Å². The molecule has 0 bridgehead atoms. The van der Waals surface area contributed by atoms with Gasteiger partial charge in [-0.05, 0) is 17.1 Å². The molecule has 0 saturated heterocycles. The van der Waals surface area contributed by atoms with E-state index in [9.17, 15) is 14.9 Å². The molecule has 1 aromatic carbocycles. The van der Waals surface area contributed by atoms with Crippen LogP contribution in [0.4, 0.5) is 5.82 Å². The molecule has 0 atom stereocenters. The average molecular weight is 244 g/mol. The highest BCUT2D eigenvalue weighted by molar-refractivity contribution is 6.03. The molecule has 0 N–H and O–H groups in total. The summed E-state index contributed by atoms with van der Waals surface area (Å²) in [6.45, 7) is 0. The number of aromatic nitrogens is 1. The van der Waals surface area contributed by atoms with Gasteiger partial charge in [0, 0.05) is 0 Å². The summed E-state index contributed by atoms with van der Waals surface area (Å²) in [6.07, 6.45) is 0. The molecular formula is C12H8N2O4. The van der Waals surface area contributed by atoms with Gasteiger partial charge in [-0.3, -0.25) is 0 Å². The Morgan fingerprint density at radius 3 is 2.72 bits per heavy atom. The minimum absolute atomic E-state index is 0.131. The van der Waals surface area contributed by atoms with Crippen LogP contribution in [0.2, 0.25) is 0 Å². The Labute approximate surface area is 100 Å². The van der Waals surface area contributed by atoms with Crippen molar-refractivity contribution in [2.24, 2.45) is 7.05 Å². The first-order valence-electron chi connectivity index (χ1n) is 5.25. The van der Waals surface area contributed by atoms with Gasteiger partial charge < -0.3 is 14.5 Å². The quantitative estimate of drug-likeness (QED) is 0.373. The van der Waals surface area contributed by atoms with Gasteiger partial charge in [0.1, 0.15) is 11.0 Å². The smallest absolute Gasteiger partial charge is 0.348 e. The molecule has 0 fully saturated rings. The molecule has 90 valence electrons. The Hall–Kier alpha value is -2.63. The van der Waals surface area contributed by atoms with Crippen molar-refractivity contribution < 1.29 is 9.34 Å². The number of aryl methyl sites for hydroxylation is 1. The number of nitrogens with zero attached hydrogens (tertiary/aromatic N) is 2. The van der Waals surface area contributed by atoms with E-state index in [0.717, 1.165) is 0 Å². The van der Waals surface area contributed by atoms with Gasteiger partial charge in [0.05, 0.1) is 18.5 Å². The van der Waals surface area contributed by atoms with Gasteiger partial charge in [-0.25, -0.2) is 9.36 Å². The first-order valence-corrected chi connectivity index (χ1v) is 5.25. The van der Waals surface area contributed by atoms with Crippen LogP contribution in [0.25, 0.3) is 21.9 Å². The lowest BCUT2D eigenvalue weighted by molar-refractivity contribution is -0.391. The van der Waals surface area contributed by atoms with Crippen LogP contribution >= 0.6 is 0 Å². The van der Waals surface area contributed by atoms with Gasteiger partial charge in [-0.1, -0.05) is 12.1 Å². The van der Waals surface area contributed by atoms with E-state index in [0.29, 0.717) is 16.5 Å². The first kappa shape index (κ1) is 10.5. The summed E-state index contributed by atoms with van der Waals surface area (Å²) >= 11 is 0. The van der Waals surface area contributed by atoms with Gasteiger partial charge in [0.25, 0.3) is 0 Å². The molecule has 0 unspecified atom stereocenters. The minimum atomic E-state index is -0.563. The molecule has 0 aliphatic rings. The zero-order valence-electron chi connectivity index (χ0n) is 9.41. The Kier molecular flexibility index (Phi) is 2.00. The maximum Gasteiger partial charge on any atom is 0.348 e. The van der Waals surface area contributed by atoms with Crippen molar-refractivity contribution in [2.45, 2.75) is 0 Å². The van der Waals surface area contributed by atoms with Crippen molar-refractivity contribution in [3.8, 4) is 0 Å². The van der Waals surface area contributed by atoms with Crippen LogP contribution in [-0.4, -0.2) is 9.49 Å². The van der Waals surface area contributed by atoms with Crippen LogP contribution < -0.4 is 5.63 Å². The Bertz CT molecular complexity index is 844. The molecular weight excluding hydrogens is 236 g/mol. The molecule has 0 spiro atoms. The zero-order chi connectivity index (χ0) is 12.9. The molecule has 2 aromatic heterocycles. The largest absolute Gasteiger partial charge is 0.422 e. The van der Waals surface area contributed by atoms with Crippen LogP contribution in [0.15, 0.2) is 39.5 Å². The highest BCUT2D eigenvalue weighted by atomic mass is 16.6. The first-order chi connectivity index (χ1) is 8.59. The summed E-state index contributed by atoms with van der Waals surface area (Å²) in [7, 11) is 1.56. The second-order valence-electron chi connectivity index (χ2n) is 3.97. The van der Waals surface area contributed by atoms with Crippen LogP contribution in [0, 0.1) is 10.1 Å². The summed E-state index contributed by atoms with van der Waals surface area (Å²) in [5.41, 5.74) is 0.382. The van der Waals surface area contributed by atoms with E-state index in [1.54, 1.807) is 31.3 Å². The third-order valence-electron chi connectivity index (χ3n) is 2.96. The lowest BCUT2D eigenvalue weighted by Crippen LogP contribution is -2.00. The topological polar surface area (TPSA) is 78.3 Å². The van der Waals surface area contributed by atoms with Crippen molar-refractivity contribution in [3.63, 3.8) is 0 Å². The van der Waals surface area contributed by atoms with Crippen LogP contribution in [0.1, 0.15) is 0 Å². The van der Waals surface area contributed by atoms with Gasteiger partial charge in [-0.2, -0.15) is 0 Å². The Balaban J connectivity index is 2.63. The summed E-state index contributed by atoms with van der Waals surface area (Å²) < 4.78 is 6.53. The standard InChI is InChI=1S/C12H8N2O4/c1-13-10(14(16)17)6-8-11(13)7-4-2-3-5-9(7)18-12(8)15/h2-6H,1H3. The number of hydrogen-bond donors (Lipinski definition) is 0. The van der Waals surface area contributed by atoms with E-state index in [4.69, 9.17) is 4.42 Å². The average Bonchev–Trinajstić information content (AvgIpc) is 2.69. The lowest BCUT2D eigenvalue weighted by atomic mass is 10.2. The van der Waals surface area contributed by atoms with Crippen molar-refractivity contribution in [1.82, 2.24) is 4.57 Å². The van der Waals surface area contributed by atoms with Crippen molar-refractivity contribution in [3.05, 3.63) is 50.9 Å². The highest BCUT2D eigenvalue weighted by Gasteiger charge is 2.21. The Morgan fingerprint density at radius 1 is 1.28 bits per heavy atom. The molecule has 0 aliphatic heterocycles. The fraction of sp³-hybridized carbons (Fsp3) is 0.0833. The van der Waals surface area contributed by atoms with E-state index >= 15 is 0 Å². The van der Waals surface area contributed by atoms with Crippen LogP contribution in [0.5, 0.6) is 0 Å². The molecule has 6 nitrogen and oxygen atoms in total. The number of fused-ring (bicyclic) bond motifs is 3. The number of benzene rings is 1. The molecule has 3 aromatic rings. The SMILES string of the molecule is Cn1c([N+](=O)[O-])cc2c(=O)oc3ccccc3c21. The predicted octanol–water partition coefficient (Wildman–Crippen LogP) is 2.19. The number of nitro groups is 1. The van der Waals surface area contributed by atoms with Gasteiger partial charge in [-0.15, -0.1) is 0 Å². The molecule has 0 saturated carbocycles. The van der Waals surface area contributed by atoms with Crippen LogP contribution in [-0.2, 0) is 7.05 Å². The molecule has 0 radical (unpaired) electrons. The lowest BCUT2D eigenvalue weighted by Gasteiger charge is -1.98. The number of hydrogen-bond acceptors (Lipinski definition) is 4.